The Bertz CT molecular complexity index is 451. The van der Waals surface area contributed by atoms with E-state index in [9.17, 15) is 5.11 Å². The first-order valence-corrected chi connectivity index (χ1v) is 6.00. The molecule has 16 heavy (non-hydrogen) atoms. The van der Waals surface area contributed by atoms with Crippen LogP contribution in [0.1, 0.15) is 24.5 Å². The van der Waals surface area contributed by atoms with E-state index >= 15 is 0 Å². The molecule has 0 unspecified atom stereocenters. The Balaban J connectivity index is 2.14. The molecule has 1 aromatic carbocycles. The largest absolute Gasteiger partial charge is 0.396 e. The van der Waals surface area contributed by atoms with Gasteiger partial charge in [-0.3, -0.25) is 0 Å². The van der Waals surface area contributed by atoms with Gasteiger partial charge in [0.15, 0.2) is 0 Å². The van der Waals surface area contributed by atoms with Gasteiger partial charge in [-0.25, -0.2) is 0 Å². The normalized spacial score (nSPS) is 39.8. The van der Waals surface area contributed by atoms with Crippen LogP contribution in [0.25, 0.3) is 0 Å². The smallest absolute Gasteiger partial charge is 0.0504 e. The molecule has 2 aliphatic rings. The number of benzene rings is 1. The molecule has 84 valence electrons. The number of fused-ring (bicyclic) bond motifs is 3. The van der Waals surface area contributed by atoms with Crippen LogP contribution in [0.4, 0.5) is 0 Å². The highest BCUT2D eigenvalue weighted by atomic mass is 16.3. The molecule has 1 fully saturated rings. The summed E-state index contributed by atoms with van der Waals surface area (Å²) in [6, 6.07) is 8.64. The lowest BCUT2D eigenvalue weighted by atomic mass is 9.45. The zero-order valence-corrected chi connectivity index (χ0v) is 9.74. The van der Waals surface area contributed by atoms with Crippen molar-refractivity contribution in [2.75, 3.05) is 6.61 Å². The van der Waals surface area contributed by atoms with Crippen molar-refractivity contribution in [1.29, 1.82) is 0 Å². The first-order chi connectivity index (χ1) is 7.68. The van der Waals surface area contributed by atoms with Crippen LogP contribution < -0.4 is 0 Å². The predicted molar refractivity (Wildman–Crippen MR) is 65.3 cm³/mol. The van der Waals surface area contributed by atoms with Crippen molar-refractivity contribution in [2.24, 2.45) is 11.3 Å². The number of aliphatic hydroxyl groups is 1. The molecule has 3 rings (SSSR count). The molecule has 1 aromatic rings. The summed E-state index contributed by atoms with van der Waals surface area (Å²) in [5, 5.41) is 9.84. The van der Waals surface area contributed by atoms with Crippen LogP contribution in [0.2, 0.25) is 0 Å². The molecule has 0 spiro atoms. The van der Waals surface area contributed by atoms with E-state index in [-0.39, 0.29) is 17.4 Å². The Labute approximate surface area is 96.8 Å². The number of hydrogen-bond acceptors (Lipinski definition) is 1. The third-order valence-electron chi connectivity index (χ3n) is 5.12. The maximum atomic E-state index is 9.84. The highest BCUT2D eigenvalue weighted by molar-refractivity contribution is 5.48. The summed E-state index contributed by atoms with van der Waals surface area (Å²) >= 11 is 0. The summed E-state index contributed by atoms with van der Waals surface area (Å²) < 4.78 is 0. The zero-order valence-electron chi connectivity index (χ0n) is 9.74. The summed E-state index contributed by atoms with van der Waals surface area (Å²) in [6.07, 6.45) is 4.17. The molecule has 0 aromatic heterocycles. The van der Waals surface area contributed by atoms with Crippen LogP contribution in [0.3, 0.4) is 0 Å². The molecule has 0 aliphatic heterocycles. The molecule has 1 heteroatoms. The quantitative estimate of drug-likeness (QED) is 0.750. The third-order valence-corrected chi connectivity index (χ3v) is 5.12. The Kier molecular flexibility index (Phi) is 1.88. The summed E-state index contributed by atoms with van der Waals surface area (Å²) in [6.45, 7) is 6.49. The first-order valence-electron chi connectivity index (χ1n) is 6.00. The Morgan fingerprint density at radius 1 is 1.50 bits per heavy atom. The summed E-state index contributed by atoms with van der Waals surface area (Å²) in [5.74, 6) is 0.468. The van der Waals surface area contributed by atoms with Gasteiger partial charge in [0.2, 0.25) is 0 Å². The Morgan fingerprint density at radius 2 is 2.25 bits per heavy atom. The second kappa shape index (κ2) is 2.98. The minimum Gasteiger partial charge on any atom is -0.396 e. The van der Waals surface area contributed by atoms with Gasteiger partial charge in [0.1, 0.15) is 0 Å². The third kappa shape index (κ3) is 0.871. The number of hydrogen-bond donors (Lipinski definition) is 1. The molecule has 0 heterocycles. The van der Waals surface area contributed by atoms with Gasteiger partial charge in [-0.15, -0.1) is 6.58 Å². The van der Waals surface area contributed by atoms with Gasteiger partial charge >= 0.3 is 0 Å². The van der Waals surface area contributed by atoms with E-state index in [4.69, 9.17) is 0 Å². The number of rotatable bonds is 2. The number of aliphatic hydroxyl groups excluding tert-OH is 1. The predicted octanol–water partition coefficient (Wildman–Crippen LogP) is 2.69. The summed E-state index contributed by atoms with van der Waals surface area (Å²) in [5.41, 5.74) is 3.06. The molecule has 1 nitrogen and oxygen atoms in total. The Hall–Kier alpha value is -1.08. The molecule has 1 N–H and O–H groups in total. The van der Waals surface area contributed by atoms with Gasteiger partial charge in [0.25, 0.3) is 0 Å². The van der Waals surface area contributed by atoms with Crippen LogP contribution in [-0.4, -0.2) is 11.7 Å². The van der Waals surface area contributed by atoms with E-state index in [0.29, 0.717) is 5.92 Å². The molecular weight excluding hydrogens is 196 g/mol. The van der Waals surface area contributed by atoms with Crippen molar-refractivity contribution in [3.63, 3.8) is 0 Å². The standard InChI is InChI=1S/C15H18O/c1-3-12-9-14(2)13-7-5-4-6-11(13)8-15(12,14)10-16/h3-7,12,16H,1,8-10H2,2H3/t12-,14+,15-/m0/s1. The second-order valence-electron chi connectivity index (χ2n) is 5.53. The van der Waals surface area contributed by atoms with Crippen molar-refractivity contribution in [3.05, 3.63) is 48.0 Å². The molecule has 0 amide bonds. The molecule has 2 aliphatic carbocycles. The lowest BCUT2D eigenvalue weighted by molar-refractivity contribution is -0.0753. The van der Waals surface area contributed by atoms with Crippen molar-refractivity contribution in [1.82, 2.24) is 0 Å². The molecule has 1 saturated carbocycles. The van der Waals surface area contributed by atoms with Crippen LogP contribution in [-0.2, 0) is 11.8 Å². The minimum absolute atomic E-state index is 0.0262. The van der Waals surface area contributed by atoms with E-state index in [1.165, 1.54) is 11.1 Å². The van der Waals surface area contributed by atoms with Gasteiger partial charge in [0.05, 0.1) is 6.61 Å². The maximum absolute atomic E-state index is 9.84. The fourth-order valence-corrected chi connectivity index (χ4v) is 4.03. The first kappa shape index (κ1) is 10.1. The zero-order chi connectivity index (χ0) is 11.4. The van der Waals surface area contributed by atoms with E-state index in [1.54, 1.807) is 0 Å². The van der Waals surface area contributed by atoms with Gasteiger partial charge in [-0.05, 0) is 29.9 Å². The lowest BCUT2D eigenvalue weighted by Gasteiger charge is -2.59. The molecular formula is C15H18O. The molecule has 0 radical (unpaired) electrons. The van der Waals surface area contributed by atoms with Gasteiger partial charge in [-0.2, -0.15) is 0 Å². The van der Waals surface area contributed by atoms with Crippen molar-refractivity contribution in [2.45, 2.75) is 25.2 Å². The Morgan fingerprint density at radius 3 is 2.94 bits per heavy atom. The maximum Gasteiger partial charge on any atom is 0.0504 e. The topological polar surface area (TPSA) is 20.2 Å². The molecule has 3 atom stereocenters. The number of allylic oxidation sites excluding steroid dienone is 1. The fraction of sp³-hybridized carbons (Fsp3) is 0.467. The van der Waals surface area contributed by atoms with Crippen molar-refractivity contribution >= 4 is 0 Å². The van der Waals surface area contributed by atoms with Gasteiger partial charge in [-0.1, -0.05) is 37.3 Å². The lowest BCUT2D eigenvalue weighted by Crippen LogP contribution is -2.58. The SMILES string of the molecule is C=C[C@H]1C[C@]2(C)c3ccccc3C[C@]12CO. The van der Waals surface area contributed by atoms with Crippen LogP contribution in [0.15, 0.2) is 36.9 Å². The highest BCUT2D eigenvalue weighted by Crippen LogP contribution is 2.67. The van der Waals surface area contributed by atoms with E-state index < -0.39 is 0 Å². The van der Waals surface area contributed by atoms with Gasteiger partial charge in [0, 0.05) is 10.8 Å². The monoisotopic (exact) mass is 214 g/mol. The average molecular weight is 214 g/mol. The van der Waals surface area contributed by atoms with Crippen molar-refractivity contribution < 1.29 is 5.11 Å². The molecule has 0 saturated heterocycles. The fourth-order valence-electron chi connectivity index (χ4n) is 4.03. The van der Waals surface area contributed by atoms with Crippen LogP contribution in [0.5, 0.6) is 0 Å². The van der Waals surface area contributed by atoms with E-state index in [0.717, 1.165) is 12.8 Å². The highest BCUT2D eigenvalue weighted by Gasteiger charge is 2.65. The van der Waals surface area contributed by atoms with Crippen LogP contribution >= 0.6 is 0 Å². The van der Waals surface area contributed by atoms with Crippen molar-refractivity contribution in [3.8, 4) is 0 Å². The second-order valence-corrected chi connectivity index (χ2v) is 5.53. The minimum atomic E-state index is 0.0262. The average Bonchev–Trinajstić information content (AvgIpc) is 2.50. The van der Waals surface area contributed by atoms with Gasteiger partial charge < -0.3 is 5.11 Å². The summed E-state index contributed by atoms with van der Waals surface area (Å²) in [7, 11) is 0. The van der Waals surface area contributed by atoms with Crippen LogP contribution in [0, 0.1) is 11.3 Å². The summed E-state index contributed by atoms with van der Waals surface area (Å²) in [4.78, 5) is 0. The van der Waals surface area contributed by atoms with E-state index in [1.807, 2.05) is 6.08 Å². The van der Waals surface area contributed by atoms with E-state index in [2.05, 4.69) is 37.8 Å². The molecule has 0 bridgehead atoms.